The molecule has 7 rings (SSSR count). The average molecular weight is 1070 g/mol. The first-order valence-electron chi connectivity index (χ1n) is 27.3. The maximum atomic E-state index is 13.0. The molecule has 0 saturated carbocycles. The number of ether oxygens (including phenoxy) is 11. The highest BCUT2D eigenvalue weighted by Crippen LogP contribution is 2.46. The molecule has 3 unspecified atom stereocenters. The van der Waals surface area contributed by atoms with Gasteiger partial charge in [-0.05, 0) is 88.4 Å². The van der Waals surface area contributed by atoms with E-state index in [1.165, 1.54) is 12.2 Å². The molecule has 0 aromatic carbocycles. The number of fused-ring (bicyclic) bond motifs is 1. The minimum Gasteiger partial charge on any atom is -0.464 e. The Hall–Kier alpha value is -1.84. The van der Waals surface area contributed by atoms with E-state index < -0.39 is 78.9 Å². The van der Waals surface area contributed by atoms with E-state index in [0.29, 0.717) is 74.1 Å². The van der Waals surface area contributed by atoms with E-state index in [9.17, 15) is 19.8 Å². The molecule has 2 N–H and O–H groups in total. The van der Waals surface area contributed by atoms with Gasteiger partial charge < -0.3 is 62.3 Å². The van der Waals surface area contributed by atoms with Crippen LogP contribution in [0, 0.1) is 17.8 Å². The number of rotatable bonds is 22. The molecule has 414 valence electrons. The van der Waals surface area contributed by atoms with Gasteiger partial charge in [0.2, 0.25) is 0 Å². The van der Waals surface area contributed by atoms with E-state index in [4.69, 9.17) is 52.1 Å². The van der Waals surface area contributed by atoms with Crippen LogP contribution < -0.4 is 0 Å². The van der Waals surface area contributed by atoms with Crippen molar-refractivity contribution in [1.29, 1.82) is 0 Å². The van der Waals surface area contributed by atoms with Crippen molar-refractivity contribution in [3.05, 3.63) is 47.1 Å². The Kier molecular flexibility index (Phi) is 21.9. The van der Waals surface area contributed by atoms with Gasteiger partial charge in [0.05, 0.1) is 43.2 Å². The van der Waals surface area contributed by atoms with Gasteiger partial charge >= 0.3 is 5.97 Å². The van der Waals surface area contributed by atoms with E-state index >= 15 is 0 Å². The van der Waals surface area contributed by atoms with Gasteiger partial charge in [0.1, 0.15) is 36.1 Å². The topological polar surface area (TPSA) is 176 Å². The Morgan fingerprint density at radius 2 is 1.74 bits per heavy atom. The van der Waals surface area contributed by atoms with Crippen molar-refractivity contribution in [2.45, 2.75) is 248 Å². The molecule has 15 nitrogen and oxygen atoms in total. The summed E-state index contributed by atoms with van der Waals surface area (Å²) in [6, 6.07) is 0. The summed E-state index contributed by atoms with van der Waals surface area (Å²) in [6.07, 6.45) is 13.1. The number of unbranched alkanes of at least 4 members (excludes halogenated alkanes) is 1. The predicted octanol–water partition coefficient (Wildman–Crippen LogP) is 9.26. The lowest BCUT2D eigenvalue weighted by Crippen LogP contribution is -2.55. The van der Waals surface area contributed by atoms with Gasteiger partial charge in [-0.1, -0.05) is 92.5 Å². The van der Waals surface area contributed by atoms with Gasteiger partial charge in [-0.15, -0.1) is 0 Å². The maximum absolute atomic E-state index is 13.0. The second-order valence-corrected chi connectivity index (χ2v) is 24.8. The molecular formula is C56H88O15S2. The lowest BCUT2D eigenvalue weighted by molar-refractivity contribution is -0.340. The number of aliphatic hydroxyl groups excluding tert-OH is 1. The van der Waals surface area contributed by atoms with Crippen LogP contribution in [0.1, 0.15) is 145 Å². The van der Waals surface area contributed by atoms with Crippen LogP contribution in [-0.2, 0) is 61.7 Å². The third-order valence-corrected chi connectivity index (χ3v) is 19.7. The van der Waals surface area contributed by atoms with Crippen molar-refractivity contribution in [2.75, 3.05) is 26.6 Å². The number of carbonyl (C=O) groups is 2. The highest BCUT2D eigenvalue weighted by molar-refractivity contribution is 8.77. The summed E-state index contributed by atoms with van der Waals surface area (Å²) in [5.41, 5.74) is 1.18. The van der Waals surface area contributed by atoms with E-state index in [-0.39, 0.29) is 36.8 Å². The number of hydrogen-bond donors (Lipinski definition) is 2. The van der Waals surface area contributed by atoms with Gasteiger partial charge in [0, 0.05) is 76.1 Å². The highest BCUT2D eigenvalue weighted by Gasteiger charge is 2.52. The molecule has 7 aliphatic rings. The zero-order valence-corrected chi connectivity index (χ0v) is 46.8. The van der Waals surface area contributed by atoms with Crippen molar-refractivity contribution >= 4 is 34.0 Å². The summed E-state index contributed by atoms with van der Waals surface area (Å²) in [4.78, 5) is 24.7. The summed E-state index contributed by atoms with van der Waals surface area (Å²) in [5.74, 6) is 0.713. The van der Waals surface area contributed by atoms with Crippen LogP contribution in [0.5, 0.6) is 0 Å². The van der Waals surface area contributed by atoms with E-state index in [2.05, 4.69) is 46.8 Å². The molecule has 20 atom stereocenters. The minimum absolute atomic E-state index is 0.0472. The molecule has 0 bridgehead atoms. The minimum atomic E-state index is -1.29. The van der Waals surface area contributed by atoms with E-state index in [1.54, 1.807) is 14.2 Å². The molecule has 6 fully saturated rings. The Labute approximate surface area is 443 Å². The number of esters is 1. The Bertz CT molecular complexity index is 1900. The van der Waals surface area contributed by atoms with Crippen LogP contribution in [-0.4, -0.2) is 152 Å². The largest absolute Gasteiger partial charge is 0.464 e. The van der Waals surface area contributed by atoms with Crippen molar-refractivity contribution < 1.29 is 71.9 Å². The van der Waals surface area contributed by atoms with Gasteiger partial charge in [-0.25, -0.2) is 0 Å². The van der Waals surface area contributed by atoms with Gasteiger partial charge in [0.15, 0.2) is 24.5 Å². The lowest BCUT2D eigenvalue weighted by atomic mass is 9.78. The fraction of sp³-hybridized carbons (Fsp3) is 0.821. The van der Waals surface area contributed by atoms with Gasteiger partial charge in [-0.3, -0.25) is 9.59 Å². The molecule has 0 aromatic heterocycles. The van der Waals surface area contributed by atoms with Crippen molar-refractivity contribution in [1.82, 2.24) is 0 Å². The molecule has 73 heavy (non-hydrogen) atoms. The van der Waals surface area contributed by atoms with Crippen molar-refractivity contribution in [3.8, 4) is 0 Å². The van der Waals surface area contributed by atoms with Crippen LogP contribution in [0.25, 0.3) is 0 Å². The van der Waals surface area contributed by atoms with Crippen LogP contribution in [0.2, 0.25) is 0 Å². The molecule has 6 heterocycles. The third-order valence-electron chi connectivity index (χ3n) is 16.7. The monoisotopic (exact) mass is 1060 g/mol. The summed E-state index contributed by atoms with van der Waals surface area (Å²) in [5, 5.41) is 23.2. The fourth-order valence-corrected chi connectivity index (χ4v) is 15.0. The quantitative estimate of drug-likeness (QED) is 0.0345. The Morgan fingerprint density at radius 3 is 2.47 bits per heavy atom. The first-order chi connectivity index (χ1) is 35.0. The van der Waals surface area contributed by atoms with Crippen LogP contribution in [0.3, 0.4) is 0 Å². The molecule has 0 amide bonds. The van der Waals surface area contributed by atoms with E-state index in [1.807, 2.05) is 60.6 Å². The zero-order valence-electron chi connectivity index (χ0n) is 45.2. The fourth-order valence-electron chi connectivity index (χ4n) is 12.0. The average Bonchev–Trinajstić information content (AvgIpc) is 4.02. The maximum Gasteiger partial charge on any atom is 0.306 e. The summed E-state index contributed by atoms with van der Waals surface area (Å²) in [6.45, 7) is 17.2. The second-order valence-electron chi connectivity index (χ2n) is 22.0. The first-order valence-corrected chi connectivity index (χ1v) is 29.7. The molecular weight excluding hydrogens is 977 g/mol. The van der Waals surface area contributed by atoms with Crippen molar-refractivity contribution in [2.24, 2.45) is 17.8 Å². The third kappa shape index (κ3) is 14.8. The molecule has 0 aromatic rings. The molecule has 17 heteroatoms. The van der Waals surface area contributed by atoms with Crippen LogP contribution >= 0.6 is 21.6 Å². The lowest BCUT2D eigenvalue weighted by Gasteiger charge is -2.50. The normalized spacial score (nSPS) is 41.1. The number of allylic oxidation sites excluding steroid dienone is 2. The molecule has 6 saturated heterocycles. The SMILES string of the molecule is CC[C@H](C)C1O[C@]2(CC[C@@H]1C)CC(OC=O)C[C@@H](C/C=C(\C)[C@@H](O[C@H]1C[C@H](OC)[C@@H](O[C@H]3C[C@H](OC)[C@@H](OC(=O)CCCC[C@@H]4CCSS4)[C@H](C)O3)[C@H](C)O1)[C@@H](C)/C=C/C=C1\CO[C@@H]3[C@H](O)C(C)=CCC13O)O2. The molecule has 6 aliphatic heterocycles. The molecule has 1 aliphatic carbocycles. The standard InChI is InChI=1S/C56H88O15S2/c1-11-33(2)51-37(6)21-24-55(71-51)30-42(64-32-57)27-41(70-55)20-19-36(5)50(35(4)15-14-16-40-31-63-54-49(59)34(3)22-25-56(40,54)60)68-47-29-45(62-10)53(39(8)66-47)69-48-28-44(61-9)52(38(7)65-48)67-46(58)18-13-12-17-43-23-26-72-73-43/h14-16,19,22,32-33,35,37-39,41-45,47-54,59-60H,11-13,17-18,20-21,23-31H2,1-10H3/b15-14+,36-19+,40-16+/t33-,35-,37-,38-,39-,41+,42?,43+,44-,45-,47-,48-,49+,50-,51?,52-,53-,54+,55+,56?/m0/s1. The highest BCUT2D eigenvalue weighted by atomic mass is 33.1. The Morgan fingerprint density at radius 1 is 1.00 bits per heavy atom. The van der Waals surface area contributed by atoms with Crippen LogP contribution in [0.15, 0.2) is 47.1 Å². The number of aliphatic hydroxyl groups is 2. The predicted molar refractivity (Wildman–Crippen MR) is 280 cm³/mol. The van der Waals surface area contributed by atoms with Gasteiger partial charge in [0.25, 0.3) is 6.47 Å². The smallest absolute Gasteiger partial charge is 0.306 e. The van der Waals surface area contributed by atoms with Crippen LogP contribution in [0.4, 0.5) is 0 Å². The van der Waals surface area contributed by atoms with Gasteiger partial charge in [-0.2, -0.15) is 0 Å². The summed E-state index contributed by atoms with van der Waals surface area (Å²) in [7, 11) is 7.19. The zero-order chi connectivity index (χ0) is 52.5. The first kappa shape index (κ1) is 58.8. The summed E-state index contributed by atoms with van der Waals surface area (Å²) < 4.78 is 70.0. The number of hydrogen-bond acceptors (Lipinski definition) is 17. The second kappa shape index (κ2) is 27.2. The van der Waals surface area contributed by atoms with E-state index in [0.717, 1.165) is 49.7 Å². The van der Waals surface area contributed by atoms with Crippen molar-refractivity contribution in [3.63, 3.8) is 0 Å². The molecule has 0 radical (unpaired) electrons. The number of methoxy groups -OCH3 is 2. The Balaban J connectivity index is 1.02. The number of carbonyl (C=O) groups excluding carboxylic acids is 2. The summed E-state index contributed by atoms with van der Waals surface area (Å²) >= 11 is 0. The molecule has 1 spiro atoms.